The van der Waals surface area contributed by atoms with Gasteiger partial charge in [-0.1, -0.05) is 43.9 Å². The largest absolute Gasteiger partial charge is 0.389 e. The van der Waals surface area contributed by atoms with Gasteiger partial charge in [0.2, 0.25) is 0 Å². The van der Waals surface area contributed by atoms with E-state index in [1.807, 2.05) is 0 Å². The van der Waals surface area contributed by atoms with E-state index in [2.05, 4.69) is 28.8 Å². The van der Waals surface area contributed by atoms with Crippen molar-refractivity contribution in [2.24, 2.45) is 0 Å². The Bertz CT molecular complexity index is 464. The highest BCUT2D eigenvalue weighted by Gasteiger charge is 2.27. The molecule has 1 heterocycles. The first-order valence-electron chi connectivity index (χ1n) is 8.55. The standard InChI is InChI=1S/C18H28N2O/c21-18(10-3-1-2-4-11-18)14-19-13-16-8-5-7-15-9-6-12-20-17(15)16/h5,7-8,19-21H,1-4,6,9-14H2. The van der Waals surface area contributed by atoms with Gasteiger partial charge in [0.1, 0.15) is 0 Å². The second-order valence-corrected chi connectivity index (χ2v) is 6.72. The number of para-hydroxylation sites is 1. The summed E-state index contributed by atoms with van der Waals surface area (Å²) < 4.78 is 0. The Kier molecular flexibility index (Phi) is 4.81. The van der Waals surface area contributed by atoms with Gasteiger partial charge in [-0.15, -0.1) is 0 Å². The van der Waals surface area contributed by atoms with Gasteiger partial charge in [-0.05, 0) is 36.8 Å². The molecule has 0 unspecified atom stereocenters. The molecule has 1 fully saturated rings. The Morgan fingerprint density at radius 1 is 1.10 bits per heavy atom. The van der Waals surface area contributed by atoms with Gasteiger partial charge in [0.05, 0.1) is 5.60 Å². The monoisotopic (exact) mass is 288 g/mol. The highest BCUT2D eigenvalue weighted by atomic mass is 16.3. The average Bonchev–Trinajstić information content (AvgIpc) is 2.73. The molecule has 1 aliphatic heterocycles. The van der Waals surface area contributed by atoms with Crippen molar-refractivity contribution in [3.05, 3.63) is 29.3 Å². The number of hydrogen-bond donors (Lipinski definition) is 3. The third-order valence-electron chi connectivity index (χ3n) is 4.97. The van der Waals surface area contributed by atoms with Gasteiger partial charge in [0, 0.05) is 25.3 Å². The Morgan fingerprint density at radius 3 is 2.71 bits per heavy atom. The van der Waals surface area contributed by atoms with Crippen LogP contribution in [0.25, 0.3) is 0 Å². The van der Waals surface area contributed by atoms with Crippen LogP contribution in [-0.2, 0) is 13.0 Å². The molecule has 0 atom stereocenters. The summed E-state index contributed by atoms with van der Waals surface area (Å²) in [6.45, 7) is 2.64. The van der Waals surface area contributed by atoms with E-state index in [9.17, 15) is 5.11 Å². The first-order chi connectivity index (χ1) is 10.3. The van der Waals surface area contributed by atoms with Crippen LogP contribution in [0.4, 0.5) is 5.69 Å². The lowest BCUT2D eigenvalue weighted by Crippen LogP contribution is -2.40. The van der Waals surface area contributed by atoms with Crippen LogP contribution in [-0.4, -0.2) is 23.8 Å². The minimum atomic E-state index is -0.487. The zero-order valence-electron chi connectivity index (χ0n) is 13.0. The van der Waals surface area contributed by atoms with Gasteiger partial charge < -0.3 is 15.7 Å². The number of rotatable bonds is 4. The molecule has 1 saturated carbocycles. The fraction of sp³-hybridized carbons (Fsp3) is 0.667. The van der Waals surface area contributed by atoms with E-state index in [1.54, 1.807) is 0 Å². The SMILES string of the molecule is OC1(CNCc2cccc3c2NCCC3)CCCCCC1. The smallest absolute Gasteiger partial charge is 0.0771 e. The zero-order valence-corrected chi connectivity index (χ0v) is 13.0. The van der Waals surface area contributed by atoms with Crippen molar-refractivity contribution in [1.29, 1.82) is 0 Å². The maximum atomic E-state index is 10.7. The summed E-state index contributed by atoms with van der Waals surface area (Å²) in [4.78, 5) is 0. The van der Waals surface area contributed by atoms with Gasteiger partial charge in [0.25, 0.3) is 0 Å². The lowest BCUT2D eigenvalue weighted by Gasteiger charge is -2.27. The van der Waals surface area contributed by atoms with Crippen molar-refractivity contribution in [1.82, 2.24) is 5.32 Å². The molecule has 1 aliphatic carbocycles. The molecule has 0 radical (unpaired) electrons. The molecule has 0 spiro atoms. The normalized spacial score (nSPS) is 21.2. The second-order valence-electron chi connectivity index (χ2n) is 6.72. The summed E-state index contributed by atoms with van der Waals surface area (Å²) in [6, 6.07) is 6.58. The van der Waals surface area contributed by atoms with Crippen molar-refractivity contribution < 1.29 is 5.11 Å². The molecular formula is C18H28N2O. The zero-order chi connectivity index (χ0) is 14.5. The molecule has 0 amide bonds. The number of anilines is 1. The van der Waals surface area contributed by atoms with Gasteiger partial charge in [-0.25, -0.2) is 0 Å². The van der Waals surface area contributed by atoms with Gasteiger partial charge in [-0.3, -0.25) is 0 Å². The Morgan fingerprint density at radius 2 is 1.90 bits per heavy atom. The van der Waals surface area contributed by atoms with Crippen LogP contribution >= 0.6 is 0 Å². The van der Waals surface area contributed by atoms with E-state index in [0.717, 1.165) is 32.5 Å². The van der Waals surface area contributed by atoms with Crippen LogP contribution in [0, 0.1) is 0 Å². The predicted octanol–water partition coefficient (Wildman–Crippen LogP) is 3.22. The van der Waals surface area contributed by atoms with E-state index in [1.165, 1.54) is 55.3 Å². The molecule has 0 bridgehead atoms. The van der Waals surface area contributed by atoms with Crippen LogP contribution in [0.3, 0.4) is 0 Å². The Hall–Kier alpha value is -1.06. The van der Waals surface area contributed by atoms with E-state index in [0.29, 0.717) is 0 Å². The van der Waals surface area contributed by atoms with Crippen molar-refractivity contribution in [3.8, 4) is 0 Å². The second kappa shape index (κ2) is 6.80. The number of benzene rings is 1. The maximum absolute atomic E-state index is 10.7. The molecule has 2 aliphatic rings. The predicted molar refractivity (Wildman–Crippen MR) is 87.6 cm³/mol. The third kappa shape index (κ3) is 3.78. The van der Waals surface area contributed by atoms with E-state index in [-0.39, 0.29) is 0 Å². The van der Waals surface area contributed by atoms with E-state index >= 15 is 0 Å². The van der Waals surface area contributed by atoms with Crippen LogP contribution in [0.1, 0.15) is 56.1 Å². The number of aryl methyl sites for hydroxylation is 1. The molecular weight excluding hydrogens is 260 g/mol. The number of aliphatic hydroxyl groups is 1. The lowest BCUT2D eigenvalue weighted by molar-refractivity contribution is 0.0250. The van der Waals surface area contributed by atoms with Crippen LogP contribution < -0.4 is 10.6 Å². The summed E-state index contributed by atoms with van der Waals surface area (Å²) in [5.74, 6) is 0. The minimum Gasteiger partial charge on any atom is -0.389 e. The number of nitrogens with one attached hydrogen (secondary N) is 2. The number of hydrogen-bond acceptors (Lipinski definition) is 3. The Balaban J connectivity index is 1.58. The molecule has 3 nitrogen and oxygen atoms in total. The molecule has 21 heavy (non-hydrogen) atoms. The lowest BCUT2D eigenvalue weighted by atomic mass is 9.94. The van der Waals surface area contributed by atoms with E-state index in [4.69, 9.17) is 0 Å². The molecule has 3 N–H and O–H groups in total. The van der Waals surface area contributed by atoms with Crippen LogP contribution in [0.5, 0.6) is 0 Å². The van der Waals surface area contributed by atoms with Crippen molar-refractivity contribution in [2.45, 2.75) is 63.5 Å². The molecule has 3 rings (SSSR count). The first kappa shape index (κ1) is 14.9. The molecule has 1 aromatic carbocycles. The molecule has 3 heteroatoms. The number of fused-ring (bicyclic) bond motifs is 1. The topological polar surface area (TPSA) is 44.3 Å². The van der Waals surface area contributed by atoms with Crippen LogP contribution in [0.15, 0.2) is 18.2 Å². The van der Waals surface area contributed by atoms with Gasteiger partial charge >= 0.3 is 0 Å². The summed E-state index contributed by atoms with van der Waals surface area (Å²) in [6.07, 6.45) is 9.19. The molecule has 0 aromatic heterocycles. The van der Waals surface area contributed by atoms with E-state index < -0.39 is 5.60 Å². The Labute approximate surface area is 128 Å². The molecule has 0 saturated heterocycles. The highest BCUT2D eigenvalue weighted by molar-refractivity contribution is 5.59. The first-order valence-corrected chi connectivity index (χ1v) is 8.55. The quantitative estimate of drug-likeness (QED) is 0.745. The average molecular weight is 288 g/mol. The summed E-state index contributed by atoms with van der Waals surface area (Å²) in [7, 11) is 0. The van der Waals surface area contributed by atoms with Crippen molar-refractivity contribution in [3.63, 3.8) is 0 Å². The highest BCUT2D eigenvalue weighted by Crippen LogP contribution is 2.28. The van der Waals surface area contributed by atoms with Gasteiger partial charge in [-0.2, -0.15) is 0 Å². The summed E-state index contributed by atoms with van der Waals surface area (Å²) in [5, 5.41) is 17.7. The fourth-order valence-electron chi connectivity index (χ4n) is 3.72. The van der Waals surface area contributed by atoms with Crippen LogP contribution in [0.2, 0.25) is 0 Å². The molecule has 116 valence electrons. The van der Waals surface area contributed by atoms with Gasteiger partial charge in [0.15, 0.2) is 0 Å². The fourth-order valence-corrected chi connectivity index (χ4v) is 3.72. The molecule has 1 aromatic rings. The summed E-state index contributed by atoms with van der Waals surface area (Å²) >= 11 is 0. The minimum absolute atomic E-state index is 0.487. The third-order valence-corrected chi connectivity index (χ3v) is 4.97. The van der Waals surface area contributed by atoms with Crippen molar-refractivity contribution in [2.75, 3.05) is 18.4 Å². The maximum Gasteiger partial charge on any atom is 0.0771 e. The van der Waals surface area contributed by atoms with Crippen molar-refractivity contribution >= 4 is 5.69 Å². The summed E-state index contributed by atoms with van der Waals surface area (Å²) in [5.41, 5.74) is 3.61.